The van der Waals surface area contributed by atoms with Crippen LogP contribution in [0.5, 0.6) is 0 Å². The van der Waals surface area contributed by atoms with Crippen molar-refractivity contribution in [1.82, 2.24) is 30.8 Å². The minimum Gasteiger partial charge on any atom is -0.464 e. The van der Waals surface area contributed by atoms with Crippen molar-refractivity contribution < 1.29 is 9.53 Å². The van der Waals surface area contributed by atoms with Gasteiger partial charge in [-0.25, -0.2) is 0 Å². The van der Waals surface area contributed by atoms with Gasteiger partial charge < -0.3 is 10.1 Å². The molecule has 0 bridgehead atoms. The minimum atomic E-state index is -0.171. The third-order valence-corrected chi connectivity index (χ3v) is 8.86. The van der Waals surface area contributed by atoms with Crippen LogP contribution < -0.4 is 5.32 Å². The van der Waals surface area contributed by atoms with Crippen LogP contribution in [0.4, 0.5) is 0 Å². The molecule has 1 aliphatic heterocycles. The molecule has 2 aliphatic rings. The van der Waals surface area contributed by atoms with E-state index in [0.717, 1.165) is 51.1 Å². The number of fused-ring (bicyclic) bond motifs is 2. The number of carbonyl (C=O) groups excluding carboxylic acids is 1. The van der Waals surface area contributed by atoms with Gasteiger partial charge in [0.25, 0.3) is 0 Å². The summed E-state index contributed by atoms with van der Waals surface area (Å²) in [5.74, 6) is 2.91. The van der Waals surface area contributed by atoms with E-state index < -0.39 is 0 Å². The summed E-state index contributed by atoms with van der Waals surface area (Å²) in [5.41, 5.74) is 1.32. The molecule has 1 aliphatic carbocycles. The lowest BCUT2D eigenvalue weighted by molar-refractivity contribution is -0.149. The molecule has 0 radical (unpaired) electrons. The number of benzene rings is 2. The predicted octanol–water partition coefficient (Wildman–Crippen LogP) is 4.73. The highest BCUT2D eigenvalue weighted by Crippen LogP contribution is 2.39. The molecule has 0 unspecified atom stereocenters. The summed E-state index contributed by atoms with van der Waals surface area (Å²) in [7, 11) is 0. The van der Waals surface area contributed by atoms with Crippen LogP contribution in [-0.4, -0.2) is 57.2 Å². The highest BCUT2D eigenvalue weighted by atomic mass is 16.5. The Bertz CT molecular complexity index is 1160. The summed E-state index contributed by atoms with van der Waals surface area (Å²) in [5, 5.41) is 20.9. The van der Waals surface area contributed by atoms with E-state index in [-0.39, 0.29) is 12.0 Å². The number of carbonyl (C=O) groups is 1. The van der Waals surface area contributed by atoms with Gasteiger partial charge in [0.15, 0.2) is 5.82 Å². The van der Waals surface area contributed by atoms with Crippen LogP contribution in [-0.2, 0) is 22.6 Å². The number of nitrogens with one attached hydrogen (secondary N) is 2. The first kappa shape index (κ1) is 26.8. The molecular formula is C30H42N6O2. The van der Waals surface area contributed by atoms with Crippen molar-refractivity contribution in [2.24, 2.45) is 23.7 Å². The largest absolute Gasteiger partial charge is 0.464 e. The van der Waals surface area contributed by atoms with Gasteiger partial charge in [0.2, 0.25) is 0 Å². The number of aromatic amines is 1. The number of tetrazole rings is 1. The lowest BCUT2D eigenvalue weighted by atomic mass is 9.69. The third kappa shape index (κ3) is 6.59. The number of H-pyrrole nitrogens is 1. The van der Waals surface area contributed by atoms with Gasteiger partial charge in [-0.1, -0.05) is 74.4 Å². The zero-order chi connectivity index (χ0) is 26.3. The maximum atomic E-state index is 12.8. The fraction of sp³-hybridized carbons (Fsp3) is 0.600. The van der Waals surface area contributed by atoms with Crippen molar-refractivity contribution in [2.75, 3.05) is 19.7 Å². The zero-order valence-corrected chi connectivity index (χ0v) is 22.8. The van der Waals surface area contributed by atoms with Gasteiger partial charge in [0.1, 0.15) is 6.04 Å². The van der Waals surface area contributed by atoms with E-state index in [4.69, 9.17) is 4.74 Å². The van der Waals surface area contributed by atoms with E-state index in [1.807, 2.05) is 0 Å². The molecule has 2 aromatic carbocycles. The number of rotatable bonds is 11. The van der Waals surface area contributed by atoms with Crippen molar-refractivity contribution >= 4 is 16.7 Å². The van der Waals surface area contributed by atoms with Crippen LogP contribution in [0.1, 0.15) is 63.8 Å². The standard InChI is InChI=1S/C30H42N6O2/c1-3-21(4-2)20-38-30(37)28-15-26-14-22(12-13-24(26)16-31-28)17-36(19-29-32-34-35-33-29)18-25-10-7-9-23-8-5-6-11-27(23)25/h5-11,21-22,24,26,28,31H,3-4,12-20H2,1-2H3,(H,32,33,34,35)/t22-,24-,26+,28-/m0/s1. The number of hydrogen-bond donors (Lipinski definition) is 2. The topological polar surface area (TPSA) is 96.0 Å². The number of piperidine rings is 1. The third-order valence-electron chi connectivity index (χ3n) is 8.86. The maximum absolute atomic E-state index is 12.8. The predicted molar refractivity (Wildman–Crippen MR) is 148 cm³/mol. The second-order valence-corrected chi connectivity index (χ2v) is 11.3. The summed E-state index contributed by atoms with van der Waals surface area (Å²) in [6.45, 7) is 8.28. The summed E-state index contributed by atoms with van der Waals surface area (Å²) in [6.07, 6.45) is 6.56. The number of ether oxygens (including phenoxy) is 1. The Labute approximate surface area is 225 Å². The molecule has 2 fully saturated rings. The fourth-order valence-electron chi connectivity index (χ4n) is 6.50. The molecule has 204 valence electrons. The first-order chi connectivity index (χ1) is 18.6. The number of aromatic nitrogens is 4. The molecule has 5 rings (SSSR count). The van der Waals surface area contributed by atoms with E-state index in [9.17, 15) is 4.79 Å². The van der Waals surface area contributed by atoms with Crippen molar-refractivity contribution in [1.29, 1.82) is 0 Å². The first-order valence-corrected chi connectivity index (χ1v) is 14.4. The molecule has 3 aromatic rings. The SMILES string of the molecule is CCC(CC)COC(=O)[C@@H]1C[C@H]2C[C@@H](CN(Cc3nn[nH]n3)Cc3cccc4ccccc34)CC[C@H]2CN1. The number of hydrogen-bond acceptors (Lipinski definition) is 7. The van der Waals surface area contributed by atoms with E-state index in [1.165, 1.54) is 29.2 Å². The van der Waals surface area contributed by atoms with Crippen molar-refractivity contribution in [3.63, 3.8) is 0 Å². The molecule has 1 aromatic heterocycles. The lowest BCUT2D eigenvalue weighted by Gasteiger charge is -2.43. The quantitative estimate of drug-likeness (QED) is 0.354. The minimum absolute atomic E-state index is 0.0628. The van der Waals surface area contributed by atoms with Crippen molar-refractivity contribution in [3.05, 3.63) is 53.9 Å². The summed E-state index contributed by atoms with van der Waals surface area (Å²) < 4.78 is 5.72. The van der Waals surface area contributed by atoms with Crippen LogP contribution in [0.3, 0.4) is 0 Å². The van der Waals surface area contributed by atoms with Crippen molar-refractivity contribution in [2.45, 2.75) is 71.5 Å². The van der Waals surface area contributed by atoms with Gasteiger partial charge in [0, 0.05) is 13.1 Å². The molecule has 1 saturated heterocycles. The molecule has 2 N–H and O–H groups in total. The molecule has 1 saturated carbocycles. The first-order valence-electron chi connectivity index (χ1n) is 14.4. The Morgan fingerprint density at radius 1 is 1.05 bits per heavy atom. The lowest BCUT2D eigenvalue weighted by Crippen LogP contribution is -2.50. The maximum Gasteiger partial charge on any atom is 0.323 e. The number of esters is 1. The smallest absolute Gasteiger partial charge is 0.323 e. The van der Waals surface area contributed by atoms with Gasteiger partial charge in [-0.3, -0.25) is 9.69 Å². The highest BCUT2D eigenvalue weighted by molar-refractivity contribution is 5.85. The normalized spacial score (nSPS) is 23.6. The monoisotopic (exact) mass is 518 g/mol. The molecule has 2 heterocycles. The van der Waals surface area contributed by atoms with Gasteiger partial charge in [-0.15, -0.1) is 10.2 Å². The van der Waals surface area contributed by atoms with Gasteiger partial charge in [-0.2, -0.15) is 5.21 Å². The Morgan fingerprint density at radius 2 is 1.89 bits per heavy atom. The number of nitrogens with zero attached hydrogens (tertiary/aromatic N) is 4. The van der Waals surface area contributed by atoms with Gasteiger partial charge >= 0.3 is 5.97 Å². The average molecular weight is 519 g/mol. The highest BCUT2D eigenvalue weighted by Gasteiger charge is 2.38. The van der Waals surface area contributed by atoms with E-state index in [2.05, 4.69) is 87.2 Å². The second kappa shape index (κ2) is 12.8. The van der Waals surface area contributed by atoms with Crippen molar-refractivity contribution in [3.8, 4) is 0 Å². The zero-order valence-electron chi connectivity index (χ0n) is 22.8. The van der Waals surface area contributed by atoms with Crippen LogP contribution >= 0.6 is 0 Å². The molecule has 38 heavy (non-hydrogen) atoms. The van der Waals surface area contributed by atoms with Crippen LogP contribution in [0.2, 0.25) is 0 Å². The molecule has 8 heteroatoms. The second-order valence-electron chi connectivity index (χ2n) is 11.3. The molecule has 0 amide bonds. The Hall–Kier alpha value is -2.84. The molecule has 4 atom stereocenters. The Kier molecular flexibility index (Phi) is 9.02. The van der Waals surface area contributed by atoms with E-state index in [0.29, 0.717) is 36.8 Å². The fourth-order valence-corrected chi connectivity index (χ4v) is 6.50. The summed E-state index contributed by atoms with van der Waals surface area (Å²) in [4.78, 5) is 15.3. The van der Waals surface area contributed by atoms with Crippen LogP contribution in [0.25, 0.3) is 10.8 Å². The average Bonchev–Trinajstić information content (AvgIpc) is 3.46. The summed E-state index contributed by atoms with van der Waals surface area (Å²) in [6, 6.07) is 15.0. The van der Waals surface area contributed by atoms with Gasteiger partial charge in [0.05, 0.1) is 13.2 Å². The molecule has 8 nitrogen and oxygen atoms in total. The molecular weight excluding hydrogens is 476 g/mol. The van der Waals surface area contributed by atoms with E-state index in [1.54, 1.807) is 0 Å². The summed E-state index contributed by atoms with van der Waals surface area (Å²) >= 11 is 0. The Morgan fingerprint density at radius 3 is 2.71 bits per heavy atom. The van der Waals surface area contributed by atoms with Gasteiger partial charge in [-0.05, 0) is 72.2 Å². The van der Waals surface area contributed by atoms with Crippen LogP contribution in [0.15, 0.2) is 42.5 Å². The van der Waals surface area contributed by atoms with Crippen LogP contribution in [0, 0.1) is 23.7 Å². The Balaban J connectivity index is 1.23. The van der Waals surface area contributed by atoms with E-state index >= 15 is 0 Å². The molecule has 0 spiro atoms.